The first-order chi connectivity index (χ1) is 8.15. The SMILES string of the molecule is C#CC(=O)O.CN1CCCC1c1cccnc1. The lowest BCUT2D eigenvalue weighted by atomic mass is 10.1. The number of terminal acetylenes is 1. The maximum Gasteiger partial charge on any atom is 0.381 e. The number of pyridine rings is 1. The monoisotopic (exact) mass is 232 g/mol. The number of hydrogen-bond acceptors (Lipinski definition) is 3. The predicted molar refractivity (Wildman–Crippen MR) is 65.3 cm³/mol. The first kappa shape index (κ1) is 13.2. The van der Waals surface area contributed by atoms with Gasteiger partial charge in [-0.15, -0.1) is 6.42 Å². The van der Waals surface area contributed by atoms with E-state index in [9.17, 15) is 0 Å². The van der Waals surface area contributed by atoms with Crippen molar-refractivity contribution in [3.8, 4) is 12.3 Å². The highest BCUT2D eigenvalue weighted by Gasteiger charge is 2.21. The third-order valence-corrected chi connectivity index (χ3v) is 2.71. The Kier molecular flexibility index (Phi) is 5.18. The standard InChI is InChI=1S/C10H14N2.C3H2O2/c1-12-7-3-5-10(12)9-4-2-6-11-8-9;1-2-3(4)5/h2,4,6,8,10H,3,5,7H2,1H3;1H,(H,4,5). The van der Waals surface area contributed by atoms with Crippen molar-refractivity contribution in [3.63, 3.8) is 0 Å². The molecule has 0 bridgehead atoms. The molecule has 1 aliphatic heterocycles. The number of hydrogen-bond donors (Lipinski definition) is 1. The molecule has 17 heavy (non-hydrogen) atoms. The Morgan fingerprint density at radius 3 is 2.82 bits per heavy atom. The van der Waals surface area contributed by atoms with E-state index in [4.69, 9.17) is 9.90 Å². The van der Waals surface area contributed by atoms with Crippen LogP contribution in [0.3, 0.4) is 0 Å². The molecule has 0 saturated carbocycles. The van der Waals surface area contributed by atoms with Crippen molar-refractivity contribution in [1.82, 2.24) is 9.88 Å². The second kappa shape index (κ2) is 6.66. The van der Waals surface area contributed by atoms with E-state index in [-0.39, 0.29) is 0 Å². The summed E-state index contributed by atoms with van der Waals surface area (Å²) in [6.45, 7) is 1.22. The summed E-state index contributed by atoms with van der Waals surface area (Å²) in [4.78, 5) is 15.7. The molecule has 1 fully saturated rings. The predicted octanol–water partition coefficient (Wildman–Crippen LogP) is 1.55. The van der Waals surface area contributed by atoms with Crippen LogP contribution in [-0.2, 0) is 4.79 Å². The van der Waals surface area contributed by atoms with E-state index in [1.54, 1.807) is 0 Å². The molecule has 0 radical (unpaired) electrons. The van der Waals surface area contributed by atoms with Gasteiger partial charge in [0.15, 0.2) is 0 Å². The molecular formula is C13H16N2O2. The lowest BCUT2D eigenvalue weighted by molar-refractivity contribution is -0.130. The van der Waals surface area contributed by atoms with Gasteiger partial charge in [0.1, 0.15) is 0 Å². The fourth-order valence-corrected chi connectivity index (χ4v) is 1.90. The zero-order valence-electron chi connectivity index (χ0n) is 9.84. The van der Waals surface area contributed by atoms with Gasteiger partial charge in [-0.2, -0.15) is 0 Å². The fourth-order valence-electron chi connectivity index (χ4n) is 1.90. The van der Waals surface area contributed by atoms with Crippen LogP contribution in [0.1, 0.15) is 24.4 Å². The van der Waals surface area contributed by atoms with Crippen molar-refractivity contribution < 1.29 is 9.90 Å². The summed E-state index contributed by atoms with van der Waals surface area (Å²) in [6, 6.07) is 4.79. The summed E-state index contributed by atoms with van der Waals surface area (Å²) in [5.41, 5.74) is 1.36. The van der Waals surface area contributed by atoms with Crippen LogP contribution < -0.4 is 0 Å². The third-order valence-electron chi connectivity index (χ3n) is 2.71. The van der Waals surface area contributed by atoms with E-state index in [0.717, 1.165) is 0 Å². The second-order valence-electron chi connectivity index (χ2n) is 3.87. The molecule has 1 aliphatic rings. The number of carboxylic acid groups (broad SMARTS) is 1. The summed E-state index contributed by atoms with van der Waals surface area (Å²) in [5, 5.41) is 7.49. The zero-order valence-corrected chi connectivity index (χ0v) is 9.84. The molecule has 2 rings (SSSR count). The quantitative estimate of drug-likeness (QED) is 0.746. The minimum atomic E-state index is -1.22. The molecule has 90 valence electrons. The van der Waals surface area contributed by atoms with E-state index < -0.39 is 5.97 Å². The molecular weight excluding hydrogens is 216 g/mol. The van der Waals surface area contributed by atoms with Crippen molar-refractivity contribution in [3.05, 3.63) is 30.1 Å². The van der Waals surface area contributed by atoms with Crippen LogP contribution in [0, 0.1) is 12.3 Å². The number of aliphatic carboxylic acids is 1. The van der Waals surface area contributed by atoms with Crippen LogP contribution in [0.25, 0.3) is 0 Å². The molecule has 1 unspecified atom stereocenters. The van der Waals surface area contributed by atoms with Crippen LogP contribution in [0.4, 0.5) is 0 Å². The molecule has 0 aromatic carbocycles. The third kappa shape index (κ3) is 4.25. The summed E-state index contributed by atoms with van der Waals surface area (Å²) in [5.74, 6) is 0.227. The Morgan fingerprint density at radius 2 is 2.41 bits per heavy atom. The van der Waals surface area contributed by atoms with Crippen LogP contribution >= 0.6 is 0 Å². The largest absolute Gasteiger partial charge is 0.472 e. The zero-order chi connectivity index (χ0) is 12.7. The first-order valence-electron chi connectivity index (χ1n) is 5.45. The molecule has 1 aromatic heterocycles. The van der Waals surface area contributed by atoms with Crippen LogP contribution in [0.5, 0.6) is 0 Å². The number of carboxylic acids is 1. The highest BCUT2D eigenvalue weighted by atomic mass is 16.4. The van der Waals surface area contributed by atoms with Gasteiger partial charge in [0, 0.05) is 24.4 Å². The number of nitrogens with zero attached hydrogens (tertiary/aromatic N) is 2. The Bertz CT molecular complexity index is 398. The Hall–Kier alpha value is -1.86. The van der Waals surface area contributed by atoms with Crippen molar-refractivity contribution in [2.45, 2.75) is 18.9 Å². The maximum absolute atomic E-state index is 9.13. The molecule has 1 aromatic rings. The van der Waals surface area contributed by atoms with E-state index in [1.807, 2.05) is 18.5 Å². The summed E-state index contributed by atoms with van der Waals surface area (Å²) in [7, 11) is 2.19. The van der Waals surface area contributed by atoms with Gasteiger partial charge >= 0.3 is 5.97 Å². The van der Waals surface area contributed by atoms with E-state index >= 15 is 0 Å². The molecule has 2 heterocycles. The van der Waals surface area contributed by atoms with E-state index in [1.165, 1.54) is 30.9 Å². The molecule has 1 saturated heterocycles. The fraction of sp³-hybridized carbons (Fsp3) is 0.385. The van der Waals surface area contributed by atoms with Crippen molar-refractivity contribution in [2.75, 3.05) is 13.6 Å². The minimum absolute atomic E-state index is 0.610. The first-order valence-corrected chi connectivity index (χ1v) is 5.45. The summed E-state index contributed by atoms with van der Waals surface area (Å²) in [6.07, 6.45) is 10.7. The number of likely N-dealkylation sites (tertiary alicyclic amines) is 1. The topological polar surface area (TPSA) is 53.4 Å². The van der Waals surface area contributed by atoms with Crippen LogP contribution in [-0.4, -0.2) is 34.6 Å². The summed E-state index contributed by atoms with van der Waals surface area (Å²) < 4.78 is 0. The molecule has 4 heteroatoms. The highest BCUT2D eigenvalue weighted by molar-refractivity contribution is 5.85. The highest BCUT2D eigenvalue weighted by Crippen LogP contribution is 2.29. The average molecular weight is 232 g/mol. The normalized spacial score (nSPS) is 18.9. The van der Waals surface area contributed by atoms with Gasteiger partial charge in [0.2, 0.25) is 0 Å². The number of aromatic nitrogens is 1. The molecule has 0 aliphatic carbocycles. The van der Waals surface area contributed by atoms with Gasteiger partial charge in [-0.3, -0.25) is 9.88 Å². The molecule has 1 atom stereocenters. The maximum atomic E-state index is 9.13. The Morgan fingerprint density at radius 1 is 1.71 bits per heavy atom. The molecule has 4 nitrogen and oxygen atoms in total. The van der Waals surface area contributed by atoms with Gasteiger partial charge in [0.25, 0.3) is 0 Å². The Labute approximate surface area is 101 Å². The van der Waals surface area contributed by atoms with Gasteiger partial charge in [0.05, 0.1) is 0 Å². The van der Waals surface area contributed by atoms with Gasteiger partial charge in [-0.05, 0) is 38.1 Å². The molecule has 1 N–H and O–H groups in total. The van der Waals surface area contributed by atoms with E-state index in [0.29, 0.717) is 6.04 Å². The Balaban J connectivity index is 0.000000249. The van der Waals surface area contributed by atoms with Gasteiger partial charge in [-0.25, -0.2) is 4.79 Å². The van der Waals surface area contributed by atoms with Crippen molar-refractivity contribution in [2.24, 2.45) is 0 Å². The molecule has 0 spiro atoms. The van der Waals surface area contributed by atoms with E-state index in [2.05, 4.69) is 29.4 Å². The van der Waals surface area contributed by atoms with Crippen molar-refractivity contribution in [1.29, 1.82) is 0 Å². The minimum Gasteiger partial charge on any atom is -0.472 e. The van der Waals surface area contributed by atoms with Gasteiger partial charge < -0.3 is 5.11 Å². The number of rotatable bonds is 1. The van der Waals surface area contributed by atoms with Crippen LogP contribution in [0.15, 0.2) is 24.5 Å². The lowest BCUT2D eigenvalue weighted by Crippen LogP contribution is -2.17. The van der Waals surface area contributed by atoms with Crippen LogP contribution in [0.2, 0.25) is 0 Å². The second-order valence-corrected chi connectivity index (χ2v) is 3.87. The molecule has 0 amide bonds. The summed E-state index contributed by atoms with van der Waals surface area (Å²) >= 11 is 0. The smallest absolute Gasteiger partial charge is 0.381 e. The lowest BCUT2D eigenvalue weighted by Gasteiger charge is -2.18. The van der Waals surface area contributed by atoms with Gasteiger partial charge in [-0.1, -0.05) is 6.07 Å². The van der Waals surface area contributed by atoms with Crippen molar-refractivity contribution >= 4 is 5.97 Å². The average Bonchev–Trinajstić information content (AvgIpc) is 2.77. The number of carbonyl (C=O) groups is 1.